The Labute approximate surface area is 125 Å². The molecule has 3 nitrogen and oxygen atoms in total. The van der Waals surface area contributed by atoms with E-state index in [1.165, 1.54) is 6.07 Å². The number of ether oxygens (including phenoxy) is 1. The minimum atomic E-state index is -0.607. The Morgan fingerprint density at radius 2 is 1.57 bits per heavy atom. The monoisotopic (exact) mass is 286 g/mol. The zero-order valence-corrected chi connectivity index (χ0v) is 12.9. The zero-order chi connectivity index (χ0) is 15.6. The standard InChI is InChI=1S/C18H22O3/c1-12(2)14-10-16(20)17(11-15(14)19)21-18(3,4)13-8-6-5-7-9-13/h5-12,19-20H,1-4H3. The Kier molecular flexibility index (Phi) is 4.12. The van der Waals surface area contributed by atoms with Gasteiger partial charge in [-0.1, -0.05) is 44.2 Å². The average Bonchev–Trinajstić information content (AvgIpc) is 2.43. The summed E-state index contributed by atoms with van der Waals surface area (Å²) in [4.78, 5) is 0. The summed E-state index contributed by atoms with van der Waals surface area (Å²) in [7, 11) is 0. The minimum Gasteiger partial charge on any atom is -0.508 e. The first kappa shape index (κ1) is 15.2. The molecule has 0 aliphatic rings. The van der Waals surface area contributed by atoms with Crippen LogP contribution in [0.2, 0.25) is 0 Å². The fourth-order valence-electron chi connectivity index (χ4n) is 2.29. The molecule has 2 N–H and O–H groups in total. The van der Waals surface area contributed by atoms with Crippen molar-refractivity contribution in [1.82, 2.24) is 0 Å². The number of hydrogen-bond acceptors (Lipinski definition) is 3. The summed E-state index contributed by atoms with van der Waals surface area (Å²) in [5.41, 5.74) is 1.10. The van der Waals surface area contributed by atoms with Gasteiger partial charge in [0.1, 0.15) is 11.4 Å². The molecule has 0 aliphatic heterocycles. The van der Waals surface area contributed by atoms with Crippen LogP contribution in [0, 0.1) is 0 Å². The molecule has 0 spiro atoms. The number of aromatic hydroxyl groups is 2. The van der Waals surface area contributed by atoms with Crippen molar-refractivity contribution in [3.63, 3.8) is 0 Å². The van der Waals surface area contributed by atoms with E-state index < -0.39 is 5.60 Å². The van der Waals surface area contributed by atoms with Crippen LogP contribution in [0.3, 0.4) is 0 Å². The second-order valence-corrected chi connectivity index (χ2v) is 6.01. The fourth-order valence-corrected chi connectivity index (χ4v) is 2.29. The molecule has 0 fully saturated rings. The van der Waals surface area contributed by atoms with Gasteiger partial charge in [0, 0.05) is 11.6 Å². The van der Waals surface area contributed by atoms with E-state index in [4.69, 9.17) is 4.74 Å². The third-order valence-electron chi connectivity index (χ3n) is 3.56. The summed E-state index contributed by atoms with van der Waals surface area (Å²) in [5, 5.41) is 20.2. The van der Waals surface area contributed by atoms with Gasteiger partial charge in [-0.3, -0.25) is 0 Å². The second kappa shape index (κ2) is 5.68. The summed E-state index contributed by atoms with van der Waals surface area (Å²) >= 11 is 0. The summed E-state index contributed by atoms with van der Waals surface area (Å²) in [5.74, 6) is 0.597. The number of hydrogen-bond donors (Lipinski definition) is 2. The molecule has 0 amide bonds. The molecule has 0 saturated heterocycles. The van der Waals surface area contributed by atoms with E-state index in [-0.39, 0.29) is 23.2 Å². The fraction of sp³-hybridized carbons (Fsp3) is 0.333. The smallest absolute Gasteiger partial charge is 0.165 e. The van der Waals surface area contributed by atoms with E-state index in [1.807, 2.05) is 58.0 Å². The van der Waals surface area contributed by atoms with Gasteiger partial charge in [0.25, 0.3) is 0 Å². The lowest BCUT2D eigenvalue weighted by Crippen LogP contribution is -2.25. The molecule has 0 aliphatic carbocycles. The molecule has 21 heavy (non-hydrogen) atoms. The molecule has 0 atom stereocenters. The Morgan fingerprint density at radius 1 is 0.952 bits per heavy atom. The van der Waals surface area contributed by atoms with Crippen LogP contribution in [0.1, 0.15) is 44.7 Å². The average molecular weight is 286 g/mol. The maximum absolute atomic E-state index is 10.1. The van der Waals surface area contributed by atoms with Crippen molar-refractivity contribution in [3.05, 3.63) is 53.6 Å². The Hall–Kier alpha value is -2.16. The molecule has 0 bridgehead atoms. The Bertz CT molecular complexity index is 616. The molecule has 2 rings (SSSR count). The summed E-state index contributed by atoms with van der Waals surface area (Å²) in [6.45, 7) is 7.77. The van der Waals surface area contributed by atoms with Gasteiger partial charge >= 0.3 is 0 Å². The van der Waals surface area contributed by atoms with Crippen molar-refractivity contribution < 1.29 is 14.9 Å². The van der Waals surface area contributed by atoms with Gasteiger partial charge in [0.2, 0.25) is 0 Å². The SMILES string of the molecule is CC(C)c1cc(O)c(OC(C)(C)c2ccccc2)cc1O. The predicted molar refractivity (Wildman–Crippen MR) is 84.0 cm³/mol. The van der Waals surface area contributed by atoms with Crippen LogP contribution in [-0.4, -0.2) is 10.2 Å². The van der Waals surface area contributed by atoms with E-state index >= 15 is 0 Å². The van der Waals surface area contributed by atoms with Crippen LogP contribution in [0.15, 0.2) is 42.5 Å². The highest BCUT2D eigenvalue weighted by Gasteiger charge is 2.24. The number of phenolic OH excluding ortho intramolecular Hbond substituents is 2. The first-order valence-corrected chi connectivity index (χ1v) is 7.11. The molecule has 0 heterocycles. The van der Waals surface area contributed by atoms with Crippen molar-refractivity contribution in [2.45, 2.75) is 39.2 Å². The Balaban J connectivity index is 2.34. The molecule has 2 aromatic carbocycles. The molecular formula is C18H22O3. The van der Waals surface area contributed by atoms with Crippen LogP contribution in [0.4, 0.5) is 0 Å². The molecule has 112 valence electrons. The second-order valence-electron chi connectivity index (χ2n) is 6.01. The first-order valence-electron chi connectivity index (χ1n) is 7.11. The van der Waals surface area contributed by atoms with Gasteiger partial charge in [0.15, 0.2) is 11.5 Å². The zero-order valence-electron chi connectivity index (χ0n) is 12.9. The lowest BCUT2D eigenvalue weighted by atomic mass is 9.97. The predicted octanol–water partition coefficient (Wildman–Crippen LogP) is 4.54. The molecular weight excluding hydrogens is 264 g/mol. The van der Waals surface area contributed by atoms with E-state index in [0.717, 1.165) is 5.56 Å². The molecule has 3 heteroatoms. The van der Waals surface area contributed by atoms with Crippen molar-refractivity contribution in [2.24, 2.45) is 0 Å². The lowest BCUT2D eigenvalue weighted by molar-refractivity contribution is 0.104. The highest BCUT2D eigenvalue weighted by molar-refractivity contribution is 5.50. The summed E-state index contributed by atoms with van der Waals surface area (Å²) < 4.78 is 5.92. The van der Waals surface area contributed by atoms with Gasteiger partial charge < -0.3 is 14.9 Å². The maximum Gasteiger partial charge on any atom is 0.165 e. The number of benzene rings is 2. The molecule has 0 radical (unpaired) electrons. The number of rotatable bonds is 4. The topological polar surface area (TPSA) is 49.7 Å². The van der Waals surface area contributed by atoms with Crippen molar-refractivity contribution in [2.75, 3.05) is 0 Å². The highest BCUT2D eigenvalue weighted by atomic mass is 16.5. The van der Waals surface area contributed by atoms with Crippen LogP contribution in [-0.2, 0) is 5.60 Å². The molecule has 0 unspecified atom stereocenters. The van der Waals surface area contributed by atoms with E-state index in [9.17, 15) is 10.2 Å². The largest absolute Gasteiger partial charge is 0.508 e. The van der Waals surface area contributed by atoms with Gasteiger partial charge in [-0.2, -0.15) is 0 Å². The quantitative estimate of drug-likeness (QED) is 0.811. The molecule has 0 saturated carbocycles. The third kappa shape index (κ3) is 3.30. The molecule has 2 aromatic rings. The summed E-state index contributed by atoms with van der Waals surface area (Å²) in [6, 6.07) is 12.8. The number of phenols is 2. The van der Waals surface area contributed by atoms with Crippen molar-refractivity contribution in [3.8, 4) is 17.2 Å². The third-order valence-corrected chi connectivity index (χ3v) is 3.56. The van der Waals surface area contributed by atoms with E-state index in [2.05, 4.69) is 0 Å². The Morgan fingerprint density at radius 3 is 2.14 bits per heavy atom. The van der Waals surface area contributed by atoms with E-state index in [1.54, 1.807) is 6.07 Å². The van der Waals surface area contributed by atoms with Crippen molar-refractivity contribution in [1.29, 1.82) is 0 Å². The van der Waals surface area contributed by atoms with Crippen LogP contribution in [0.25, 0.3) is 0 Å². The maximum atomic E-state index is 10.1. The van der Waals surface area contributed by atoms with Crippen LogP contribution >= 0.6 is 0 Å². The molecule has 0 aromatic heterocycles. The van der Waals surface area contributed by atoms with Gasteiger partial charge in [0.05, 0.1) is 0 Å². The van der Waals surface area contributed by atoms with E-state index in [0.29, 0.717) is 5.56 Å². The minimum absolute atomic E-state index is 0.0421. The first-order chi connectivity index (χ1) is 9.81. The van der Waals surface area contributed by atoms with Crippen LogP contribution in [0.5, 0.6) is 17.2 Å². The normalized spacial score (nSPS) is 11.7. The van der Waals surface area contributed by atoms with Gasteiger partial charge in [-0.25, -0.2) is 0 Å². The van der Waals surface area contributed by atoms with Crippen LogP contribution < -0.4 is 4.74 Å². The van der Waals surface area contributed by atoms with Gasteiger partial charge in [-0.05, 0) is 31.4 Å². The van der Waals surface area contributed by atoms with Gasteiger partial charge in [-0.15, -0.1) is 0 Å². The van der Waals surface area contributed by atoms with Crippen molar-refractivity contribution >= 4 is 0 Å². The summed E-state index contributed by atoms with van der Waals surface area (Å²) in [6.07, 6.45) is 0. The lowest BCUT2D eigenvalue weighted by Gasteiger charge is -2.28. The highest BCUT2D eigenvalue weighted by Crippen LogP contribution is 2.39.